The van der Waals surface area contributed by atoms with Gasteiger partial charge in [0, 0.05) is 11.6 Å². The van der Waals surface area contributed by atoms with E-state index >= 15 is 0 Å². The van der Waals surface area contributed by atoms with Crippen LogP contribution in [0.3, 0.4) is 0 Å². The van der Waals surface area contributed by atoms with Gasteiger partial charge in [0.1, 0.15) is 0 Å². The molecule has 0 aliphatic heterocycles. The number of hydrogen-bond acceptors (Lipinski definition) is 0. The zero-order valence-electron chi connectivity index (χ0n) is 8.70. The Morgan fingerprint density at radius 1 is 0.812 bits per heavy atom. The lowest BCUT2D eigenvalue weighted by Crippen LogP contribution is -2.11. The Bertz CT molecular complexity index is 368. The lowest BCUT2D eigenvalue weighted by molar-refractivity contribution is 0.382. The van der Waals surface area contributed by atoms with Gasteiger partial charge in [0.25, 0.3) is 0 Å². The summed E-state index contributed by atoms with van der Waals surface area (Å²) in [6.07, 6.45) is 3.90. The van der Waals surface area contributed by atoms with Gasteiger partial charge in [-0.25, -0.2) is 17.6 Å². The molecule has 1 fully saturated rings. The summed E-state index contributed by atoms with van der Waals surface area (Å²) in [7, 11) is 0. The molecule has 0 spiro atoms. The van der Waals surface area contributed by atoms with Gasteiger partial charge in [-0.1, -0.05) is 19.3 Å². The summed E-state index contributed by atoms with van der Waals surface area (Å²) < 4.78 is 52.9. The normalized spacial score (nSPS) is 17.8. The molecule has 1 saturated carbocycles. The number of rotatable bonds is 1. The fourth-order valence-electron chi connectivity index (χ4n) is 2.34. The van der Waals surface area contributed by atoms with Crippen LogP contribution in [0, 0.1) is 23.3 Å². The topological polar surface area (TPSA) is 0 Å². The van der Waals surface area contributed by atoms with Crippen LogP contribution in [0.5, 0.6) is 0 Å². The zero-order valence-corrected chi connectivity index (χ0v) is 8.70. The second-order valence-corrected chi connectivity index (χ2v) is 4.22. The van der Waals surface area contributed by atoms with Crippen molar-refractivity contribution in [2.24, 2.45) is 0 Å². The minimum atomic E-state index is -1.31. The number of hydrogen-bond donors (Lipinski definition) is 0. The molecule has 0 atom stereocenters. The fourth-order valence-corrected chi connectivity index (χ4v) is 2.34. The van der Waals surface area contributed by atoms with Gasteiger partial charge >= 0.3 is 0 Å². The maximum Gasteiger partial charge on any atom is 0.165 e. The first-order valence-corrected chi connectivity index (χ1v) is 5.44. The quantitative estimate of drug-likeness (QED) is 0.500. The van der Waals surface area contributed by atoms with Crippen molar-refractivity contribution in [3.05, 3.63) is 34.9 Å². The lowest BCUT2D eigenvalue weighted by Gasteiger charge is -2.23. The Morgan fingerprint density at radius 2 is 1.31 bits per heavy atom. The van der Waals surface area contributed by atoms with E-state index in [0.717, 1.165) is 19.3 Å². The fraction of sp³-hybridized carbons (Fsp3) is 0.500. The van der Waals surface area contributed by atoms with E-state index in [0.29, 0.717) is 12.8 Å². The summed E-state index contributed by atoms with van der Waals surface area (Å²) in [4.78, 5) is 0. The summed E-state index contributed by atoms with van der Waals surface area (Å²) in [5.74, 6) is -5.46. The predicted molar refractivity (Wildman–Crippen MR) is 52.1 cm³/mol. The van der Waals surface area contributed by atoms with Gasteiger partial charge in [-0.2, -0.15) is 0 Å². The molecule has 1 aliphatic carbocycles. The minimum Gasteiger partial charge on any atom is -0.204 e. The Labute approximate surface area is 91.3 Å². The maximum atomic E-state index is 13.4. The summed E-state index contributed by atoms with van der Waals surface area (Å²) in [6.45, 7) is 0. The molecule has 0 saturated heterocycles. The molecule has 1 aromatic carbocycles. The van der Waals surface area contributed by atoms with E-state index in [9.17, 15) is 17.6 Å². The molecule has 88 valence electrons. The Morgan fingerprint density at radius 3 is 1.81 bits per heavy atom. The Kier molecular flexibility index (Phi) is 3.17. The van der Waals surface area contributed by atoms with E-state index in [1.165, 1.54) is 0 Å². The van der Waals surface area contributed by atoms with E-state index < -0.39 is 28.8 Å². The molecule has 1 aromatic rings. The van der Waals surface area contributed by atoms with Gasteiger partial charge < -0.3 is 0 Å². The molecule has 0 unspecified atom stereocenters. The highest BCUT2D eigenvalue weighted by molar-refractivity contribution is 5.26. The van der Waals surface area contributed by atoms with Crippen LogP contribution in [0.4, 0.5) is 17.6 Å². The van der Waals surface area contributed by atoms with E-state index in [1.54, 1.807) is 0 Å². The van der Waals surface area contributed by atoms with Crippen molar-refractivity contribution in [1.29, 1.82) is 0 Å². The van der Waals surface area contributed by atoms with Gasteiger partial charge in [0.15, 0.2) is 23.3 Å². The van der Waals surface area contributed by atoms with Crippen LogP contribution in [0.15, 0.2) is 6.07 Å². The SMILES string of the molecule is Fc1cc(F)c(F)c(C2CCCCC2)c1F. The molecular weight excluding hydrogens is 220 g/mol. The molecule has 2 rings (SSSR count). The molecular formula is C12H12F4. The van der Waals surface area contributed by atoms with Crippen LogP contribution in [0.1, 0.15) is 43.6 Å². The third kappa shape index (κ3) is 1.93. The molecule has 16 heavy (non-hydrogen) atoms. The first-order valence-electron chi connectivity index (χ1n) is 5.44. The molecule has 0 aromatic heterocycles. The lowest BCUT2D eigenvalue weighted by atomic mass is 9.83. The van der Waals surface area contributed by atoms with Crippen molar-refractivity contribution in [3.63, 3.8) is 0 Å². The predicted octanol–water partition coefficient (Wildman–Crippen LogP) is 4.29. The highest BCUT2D eigenvalue weighted by atomic mass is 19.2. The average Bonchev–Trinajstić information content (AvgIpc) is 2.28. The van der Waals surface area contributed by atoms with Gasteiger partial charge in [0.05, 0.1) is 0 Å². The average molecular weight is 232 g/mol. The second-order valence-electron chi connectivity index (χ2n) is 4.22. The molecule has 4 heteroatoms. The molecule has 0 radical (unpaired) electrons. The molecule has 1 aliphatic rings. The van der Waals surface area contributed by atoms with Gasteiger partial charge in [-0.05, 0) is 18.8 Å². The molecule has 0 amide bonds. The Hall–Kier alpha value is -1.06. The third-order valence-electron chi connectivity index (χ3n) is 3.16. The standard InChI is InChI=1S/C12H12F4/c13-8-6-9(14)12(16)10(11(8)15)7-4-2-1-3-5-7/h6-7H,1-5H2. The highest BCUT2D eigenvalue weighted by Gasteiger charge is 2.27. The van der Waals surface area contributed by atoms with Gasteiger partial charge in [-0.3, -0.25) is 0 Å². The van der Waals surface area contributed by atoms with Gasteiger partial charge in [0.2, 0.25) is 0 Å². The van der Waals surface area contributed by atoms with Crippen LogP contribution >= 0.6 is 0 Å². The van der Waals surface area contributed by atoms with Crippen LogP contribution in [-0.2, 0) is 0 Å². The van der Waals surface area contributed by atoms with Gasteiger partial charge in [-0.15, -0.1) is 0 Å². The van der Waals surface area contributed by atoms with Crippen molar-refractivity contribution >= 4 is 0 Å². The van der Waals surface area contributed by atoms with E-state index in [-0.39, 0.29) is 12.0 Å². The van der Waals surface area contributed by atoms with Crippen molar-refractivity contribution in [2.75, 3.05) is 0 Å². The largest absolute Gasteiger partial charge is 0.204 e. The van der Waals surface area contributed by atoms with E-state index in [4.69, 9.17) is 0 Å². The van der Waals surface area contributed by atoms with E-state index in [2.05, 4.69) is 0 Å². The molecule has 0 nitrogen and oxygen atoms in total. The van der Waals surface area contributed by atoms with Crippen molar-refractivity contribution in [3.8, 4) is 0 Å². The molecule has 0 N–H and O–H groups in total. The van der Waals surface area contributed by atoms with Crippen LogP contribution in [-0.4, -0.2) is 0 Å². The molecule has 0 bridgehead atoms. The summed E-state index contributed by atoms with van der Waals surface area (Å²) >= 11 is 0. The zero-order chi connectivity index (χ0) is 11.7. The first kappa shape index (κ1) is 11.4. The smallest absolute Gasteiger partial charge is 0.165 e. The minimum absolute atomic E-state index is 0.261. The van der Waals surface area contributed by atoms with Crippen LogP contribution < -0.4 is 0 Å². The number of benzene rings is 1. The van der Waals surface area contributed by atoms with Crippen molar-refractivity contribution < 1.29 is 17.6 Å². The summed E-state index contributed by atoms with van der Waals surface area (Å²) in [6, 6.07) is 0.261. The van der Waals surface area contributed by atoms with E-state index in [1.807, 2.05) is 0 Å². The Balaban J connectivity index is 2.45. The van der Waals surface area contributed by atoms with Crippen LogP contribution in [0.25, 0.3) is 0 Å². The first-order chi connectivity index (χ1) is 7.61. The monoisotopic (exact) mass is 232 g/mol. The maximum absolute atomic E-state index is 13.4. The summed E-state index contributed by atoms with van der Waals surface area (Å²) in [5.41, 5.74) is -0.405. The number of halogens is 4. The molecule has 0 heterocycles. The van der Waals surface area contributed by atoms with Crippen molar-refractivity contribution in [2.45, 2.75) is 38.0 Å². The summed E-state index contributed by atoms with van der Waals surface area (Å²) in [5, 5.41) is 0. The second kappa shape index (κ2) is 4.44. The highest BCUT2D eigenvalue weighted by Crippen LogP contribution is 2.36. The third-order valence-corrected chi connectivity index (χ3v) is 3.16. The van der Waals surface area contributed by atoms with Crippen molar-refractivity contribution in [1.82, 2.24) is 0 Å². The van der Waals surface area contributed by atoms with Crippen LogP contribution in [0.2, 0.25) is 0 Å².